The Labute approximate surface area is 240 Å². The number of hydrogen-bond acceptors (Lipinski definition) is 8. The molecule has 0 aliphatic carbocycles. The molecule has 1 aromatic carbocycles. The van der Waals surface area contributed by atoms with Crippen LogP contribution >= 0.6 is 0 Å². The number of benzene rings is 1. The van der Waals surface area contributed by atoms with Gasteiger partial charge in [-0.3, -0.25) is 9.59 Å². The summed E-state index contributed by atoms with van der Waals surface area (Å²) in [7, 11) is 0. The first-order valence-electron chi connectivity index (χ1n) is 14.5. The van der Waals surface area contributed by atoms with Gasteiger partial charge < -0.3 is 25.6 Å². The molecule has 2 aliphatic rings. The molecule has 2 fully saturated rings. The van der Waals surface area contributed by atoms with Crippen LogP contribution in [0.3, 0.4) is 0 Å². The van der Waals surface area contributed by atoms with Crippen molar-refractivity contribution in [1.82, 2.24) is 24.5 Å². The molecule has 2 atom stereocenters. The third kappa shape index (κ3) is 6.67. The first-order valence-corrected chi connectivity index (χ1v) is 14.5. The average molecular weight is 561 g/mol. The van der Waals surface area contributed by atoms with Crippen LogP contribution in [0.2, 0.25) is 0 Å². The lowest BCUT2D eigenvalue weighted by molar-refractivity contribution is -0.130. The van der Waals surface area contributed by atoms with Crippen LogP contribution in [0.25, 0.3) is 5.65 Å². The van der Waals surface area contributed by atoms with Gasteiger partial charge in [0.1, 0.15) is 0 Å². The minimum atomic E-state index is -0.252. The molecule has 0 bridgehead atoms. The summed E-state index contributed by atoms with van der Waals surface area (Å²) in [6.45, 7) is 12.4. The van der Waals surface area contributed by atoms with Gasteiger partial charge in [-0.2, -0.15) is 19.6 Å². The van der Waals surface area contributed by atoms with Crippen LogP contribution in [0.1, 0.15) is 69.5 Å². The number of nitrogens with one attached hydrogen (secondary N) is 3. The Morgan fingerprint density at radius 2 is 1.95 bits per heavy atom. The number of aromatic nitrogens is 4. The molecule has 2 aliphatic heterocycles. The van der Waals surface area contributed by atoms with Crippen molar-refractivity contribution < 1.29 is 14.3 Å². The van der Waals surface area contributed by atoms with E-state index in [0.29, 0.717) is 30.7 Å². The van der Waals surface area contributed by atoms with Gasteiger partial charge in [-0.15, -0.1) is 0 Å². The number of piperidine rings is 1. The summed E-state index contributed by atoms with van der Waals surface area (Å²) in [4.78, 5) is 36.4. The molecule has 3 N–H and O–H groups in total. The fourth-order valence-corrected chi connectivity index (χ4v) is 5.41. The van der Waals surface area contributed by atoms with E-state index in [-0.39, 0.29) is 35.7 Å². The molecule has 218 valence electrons. The maximum absolute atomic E-state index is 13.1. The Kier molecular flexibility index (Phi) is 8.82. The minimum Gasteiger partial charge on any atom is -0.381 e. The van der Waals surface area contributed by atoms with Gasteiger partial charge in [0.15, 0.2) is 5.65 Å². The maximum atomic E-state index is 13.1. The summed E-state index contributed by atoms with van der Waals surface area (Å²) in [5, 5.41) is 14.7. The second-order valence-electron chi connectivity index (χ2n) is 11.2. The summed E-state index contributed by atoms with van der Waals surface area (Å²) < 4.78 is 7.26. The molecule has 0 spiro atoms. The Morgan fingerprint density at radius 1 is 1.15 bits per heavy atom. The second-order valence-corrected chi connectivity index (χ2v) is 11.2. The monoisotopic (exact) mass is 560 g/mol. The van der Waals surface area contributed by atoms with Crippen LogP contribution in [-0.2, 0) is 14.3 Å². The van der Waals surface area contributed by atoms with E-state index in [2.05, 4.69) is 41.5 Å². The fourth-order valence-electron chi connectivity index (χ4n) is 5.41. The highest BCUT2D eigenvalue weighted by Crippen LogP contribution is 2.27. The lowest BCUT2D eigenvalue weighted by Crippen LogP contribution is -2.43. The predicted molar refractivity (Wildman–Crippen MR) is 159 cm³/mol. The van der Waals surface area contributed by atoms with Crippen LogP contribution in [0, 0.1) is 5.92 Å². The van der Waals surface area contributed by atoms with Crippen molar-refractivity contribution in [3.8, 4) is 0 Å². The molecule has 0 saturated carbocycles. The van der Waals surface area contributed by atoms with E-state index >= 15 is 0 Å². The normalized spacial score (nSPS) is 18.7. The van der Waals surface area contributed by atoms with E-state index in [4.69, 9.17) is 14.7 Å². The van der Waals surface area contributed by atoms with E-state index in [0.717, 1.165) is 55.7 Å². The third-order valence-electron chi connectivity index (χ3n) is 7.85. The Balaban J connectivity index is 1.32. The number of fused-ring (bicyclic) bond motifs is 1. The number of carbonyl (C=O) groups excluding carboxylic acids is 2. The molecular weight excluding hydrogens is 520 g/mol. The van der Waals surface area contributed by atoms with Crippen molar-refractivity contribution in [3.63, 3.8) is 0 Å². The van der Waals surface area contributed by atoms with Crippen LogP contribution < -0.4 is 16.0 Å². The molecular formula is C30H40N8O3. The van der Waals surface area contributed by atoms with E-state index in [9.17, 15) is 9.59 Å². The van der Waals surface area contributed by atoms with Crippen LogP contribution in [0.5, 0.6) is 0 Å². The smallest absolute Gasteiger partial charge is 0.245 e. The van der Waals surface area contributed by atoms with Gasteiger partial charge in [0, 0.05) is 43.6 Å². The zero-order valence-electron chi connectivity index (χ0n) is 24.1. The van der Waals surface area contributed by atoms with Gasteiger partial charge >= 0.3 is 0 Å². The van der Waals surface area contributed by atoms with E-state index in [1.807, 2.05) is 37.4 Å². The summed E-state index contributed by atoms with van der Waals surface area (Å²) in [5.41, 5.74) is 3.52. The van der Waals surface area contributed by atoms with Gasteiger partial charge in [0.05, 0.1) is 18.2 Å². The zero-order valence-corrected chi connectivity index (χ0v) is 24.1. The predicted octanol–water partition coefficient (Wildman–Crippen LogP) is 4.37. The number of ether oxygens (including phenoxy) is 1. The van der Waals surface area contributed by atoms with Crippen molar-refractivity contribution in [2.24, 2.45) is 5.92 Å². The SMILES string of the molecule is C=CC(=O)N1CCCC(C(=O)Nc2cccc(C(C)Nc3nc(NC4CCOCC4)nc4c(C(C)C)cnn34)c2)C1. The Hall–Kier alpha value is -3.99. The molecule has 41 heavy (non-hydrogen) atoms. The number of anilines is 3. The largest absolute Gasteiger partial charge is 0.381 e. The number of nitrogens with zero attached hydrogens (tertiary/aromatic N) is 5. The minimum absolute atomic E-state index is 0.0802. The first kappa shape index (κ1) is 28.5. The van der Waals surface area contributed by atoms with Crippen molar-refractivity contribution in [3.05, 3.63) is 54.2 Å². The number of hydrogen-bond donors (Lipinski definition) is 3. The van der Waals surface area contributed by atoms with Crippen molar-refractivity contribution in [2.75, 3.05) is 42.3 Å². The average Bonchev–Trinajstić information content (AvgIpc) is 3.42. The van der Waals surface area contributed by atoms with Gasteiger partial charge in [-0.1, -0.05) is 32.6 Å². The Bertz CT molecular complexity index is 1400. The van der Waals surface area contributed by atoms with E-state index in [1.165, 1.54) is 6.08 Å². The highest BCUT2D eigenvalue weighted by Gasteiger charge is 2.28. The lowest BCUT2D eigenvalue weighted by atomic mass is 9.96. The number of carbonyl (C=O) groups is 2. The van der Waals surface area contributed by atoms with Gasteiger partial charge in [0.25, 0.3) is 0 Å². The fraction of sp³-hybridized carbons (Fsp3) is 0.500. The third-order valence-corrected chi connectivity index (χ3v) is 7.85. The zero-order chi connectivity index (χ0) is 28.9. The topological polar surface area (TPSA) is 126 Å². The first-order chi connectivity index (χ1) is 19.8. The molecule has 11 heteroatoms. The molecule has 2 amide bonds. The van der Waals surface area contributed by atoms with Gasteiger partial charge in [0.2, 0.25) is 23.7 Å². The maximum Gasteiger partial charge on any atom is 0.245 e. The standard InChI is InChI=1S/C30H40N8O3/c1-5-26(39)37-13-7-9-22(18-37)28(40)33-24-10-6-8-21(16-24)20(4)32-30-36-29(34-23-11-14-41-15-12-23)35-27-25(19(2)3)17-31-38(27)30/h5-6,8,10,16-17,19-20,22-23H,1,7,9,11-15,18H2,2-4H3,(H,33,40)(H2,32,34,35,36). The van der Waals surface area contributed by atoms with Crippen molar-refractivity contribution in [1.29, 1.82) is 0 Å². The number of amides is 2. The highest BCUT2D eigenvalue weighted by atomic mass is 16.5. The molecule has 4 heterocycles. The van der Waals surface area contributed by atoms with Crippen LogP contribution in [-0.4, -0.2) is 68.6 Å². The van der Waals surface area contributed by atoms with Gasteiger partial charge in [-0.25, -0.2) is 0 Å². The van der Waals surface area contributed by atoms with Crippen LogP contribution in [0.4, 0.5) is 17.6 Å². The van der Waals surface area contributed by atoms with E-state index in [1.54, 1.807) is 9.42 Å². The highest BCUT2D eigenvalue weighted by molar-refractivity contribution is 5.94. The molecule has 11 nitrogen and oxygen atoms in total. The molecule has 3 aromatic rings. The van der Waals surface area contributed by atoms with Crippen molar-refractivity contribution in [2.45, 2.75) is 64.5 Å². The summed E-state index contributed by atoms with van der Waals surface area (Å²) in [6.07, 6.45) is 6.52. The molecule has 2 saturated heterocycles. The lowest BCUT2D eigenvalue weighted by Gasteiger charge is -2.31. The summed E-state index contributed by atoms with van der Waals surface area (Å²) in [5.74, 6) is 0.954. The van der Waals surface area contributed by atoms with Crippen molar-refractivity contribution >= 4 is 35.0 Å². The van der Waals surface area contributed by atoms with Crippen LogP contribution in [0.15, 0.2) is 43.1 Å². The Morgan fingerprint density at radius 3 is 2.71 bits per heavy atom. The quantitative estimate of drug-likeness (QED) is 0.330. The number of rotatable bonds is 9. The summed E-state index contributed by atoms with van der Waals surface area (Å²) in [6, 6.07) is 7.91. The molecule has 5 rings (SSSR count). The molecule has 2 aromatic heterocycles. The molecule has 2 unspecified atom stereocenters. The molecule has 0 radical (unpaired) electrons. The number of likely N-dealkylation sites (tertiary alicyclic amines) is 1. The summed E-state index contributed by atoms with van der Waals surface area (Å²) >= 11 is 0. The van der Waals surface area contributed by atoms with E-state index < -0.39 is 0 Å². The second kappa shape index (κ2) is 12.7. The van der Waals surface area contributed by atoms with Gasteiger partial charge in [-0.05, 0) is 62.3 Å².